The lowest BCUT2D eigenvalue weighted by Crippen LogP contribution is -2.44. The number of hydrogen-bond donors (Lipinski definition) is 0. The molecule has 5 heteroatoms. The fourth-order valence-electron chi connectivity index (χ4n) is 2.23. The van der Waals surface area contributed by atoms with E-state index in [1.807, 2.05) is 30.3 Å². The number of pyridine rings is 1. The quantitative estimate of drug-likeness (QED) is 0.863. The first kappa shape index (κ1) is 13.4. The van der Waals surface area contributed by atoms with Crippen molar-refractivity contribution in [3.63, 3.8) is 0 Å². The molecule has 0 saturated carbocycles. The minimum Gasteiger partial charge on any atom is -0.485 e. The summed E-state index contributed by atoms with van der Waals surface area (Å²) in [5, 5.41) is 0. The van der Waals surface area contributed by atoms with Crippen LogP contribution in [0.1, 0.15) is 5.56 Å². The van der Waals surface area contributed by atoms with Gasteiger partial charge in [0, 0.05) is 26.0 Å². The molecular weight excluding hydrogens is 268 g/mol. The topological polar surface area (TPSA) is 51.7 Å². The summed E-state index contributed by atoms with van der Waals surface area (Å²) >= 11 is 0. The highest BCUT2D eigenvalue weighted by molar-refractivity contribution is 5.81. The molecule has 0 N–H and O–H groups in total. The normalized spacial score (nSPS) is 16.3. The third-order valence-electron chi connectivity index (χ3n) is 3.30. The smallest absolute Gasteiger partial charge is 0.267 e. The van der Waals surface area contributed by atoms with Crippen LogP contribution in [0.2, 0.25) is 0 Å². The first-order valence-corrected chi connectivity index (χ1v) is 6.76. The molecule has 108 valence electrons. The standard InChI is InChI=1S/C16H16N2O3/c1-18(10-12-5-4-8-17-9-12)16(19)15-11-20-13-6-2-3-7-14(13)21-15/h2-9,15H,10-11H2,1H3/t15-/m0/s1. The van der Waals surface area contributed by atoms with E-state index >= 15 is 0 Å². The van der Waals surface area contributed by atoms with Crippen molar-refractivity contribution in [2.24, 2.45) is 0 Å². The summed E-state index contributed by atoms with van der Waals surface area (Å²) in [7, 11) is 1.75. The number of likely N-dealkylation sites (N-methyl/N-ethyl adjacent to an activating group) is 1. The van der Waals surface area contributed by atoms with Gasteiger partial charge in [0.05, 0.1) is 0 Å². The maximum absolute atomic E-state index is 12.4. The zero-order valence-electron chi connectivity index (χ0n) is 11.7. The Hall–Kier alpha value is -2.56. The molecule has 0 spiro atoms. The first-order valence-electron chi connectivity index (χ1n) is 6.76. The Bertz CT molecular complexity index is 630. The number of para-hydroxylation sites is 2. The molecule has 0 radical (unpaired) electrons. The van der Waals surface area contributed by atoms with Gasteiger partial charge in [-0.2, -0.15) is 0 Å². The number of ether oxygens (including phenoxy) is 2. The first-order chi connectivity index (χ1) is 10.2. The summed E-state index contributed by atoms with van der Waals surface area (Å²) in [6.45, 7) is 0.724. The van der Waals surface area contributed by atoms with Crippen LogP contribution in [0.3, 0.4) is 0 Å². The predicted molar refractivity (Wildman–Crippen MR) is 77.1 cm³/mol. The van der Waals surface area contributed by atoms with Gasteiger partial charge in [0.25, 0.3) is 5.91 Å². The molecule has 0 saturated heterocycles. The molecule has 5 nitrogen and oxygen atoms in total. The molecule has 1 aromatic carbocycles. The zero-order chi connectivity index (χ0) is 14.7. The van der Waals surface area contributed by atoms with Gasteiger partial charge < -0.3 is 14.4 Å². The molecule has 0 unspecified atom stereocenters. The fraction of sp³-hybridized carbons (Fsp3) is 0.250. The Morgan fingerprint density at radius 3 is 2.86 bits per heavy atom. The Morgan fingerprint density at radius 2 is 2.10 bits per heavy atom. The van der Waals surface area contributed by atoms with E-state index in [0.29, 0.717) is 18.0 Å². The second kappa shape index (κ2) is 5.83. The van der Waals surface area contributed by atoms with Crippen LogP contribution in [0.15, 0.2) is 48.8 Å². The van der Waals surface area contributed by atoms with Crippen molar-refractivity contribution >= 4 is 5.91 Å². The molecule has 1 aliphatic rings. The van der Waals surface area contributed by atoms with Gasteiger partial charge in [-0.3, -0.25) is 9.78 Å². The van der Waals surface area contributed by atoms with Crippen molar-refractivity contribution in [1.82, 2.24) is 9.88 Å². The van der Waals surface area contributed by atoms with Gasteiger partial charge >= 0.3 is 0 Å². The number of amides is 1. The number of hydrogen-bond acceptors (Lipinski definition) is 4. The monoisotopic (exact) mass is 284 g/mol. The Kier molecular flexibility index (Phi) is 3.73. The van der Waals surface area contributed by atoms with Crippen LogP contribution in [0, 0.1) is 0 Å². The number of fused-ring (bicyclic) bond motifs is 1. The molecule has 0 aliphatic carbocycles. The summed E-state index contributed by atoms with van der Waals surface area (Å²) in [4.78, 5) is 18.1. The van der Waals surface area contributed by atoms with Crippen molar-refractivity contribution < 1.29 is 14.3 Å². The SMILES string of the molecule is CN(Cc1cccnc1)C(=O)[C@@H]1COc2ccccc2O1. The van der Waals surface area contributed by atoms with E-state index in [-0.39, 0.29) is 12.5 Å². The Morgan fingerprint density at radius 1 is 1.29 bits per heavy atom. The average Bonchev–Trinajstić information content (AvgIpc) is 2.54. The van der Waals surface area contributed by atoms with Gasteiger partial charge in [-0.15, -0.1) is 0 Å². The number of benzene rings is 1. The van der Waals surface area contributed by atoms with Crippen LogP contribution < -0.4 is 9.47 Å². The molecule has 2 aromatic rings. The van der Waals surface area contributed by atoms with Crippen molar-refractivity contribution in [3.8, 4) is 11.5 Å². The van der Waals surface area contributed by atoms with Crippen LogP contribution in [0.25, 0.3) is 0 Å². The van der Waals surface area contributed by atoms with E-state index in [1.165, 1.54) is 0 Å². The third-order valence-corrected chi connectivity index (χ3v) is 3.30. The maximum atomic E-state index is 12.4. The van der Waals surface area contributed by atoms with Gasteiger partial charge in [0.1, 0.15) is 6.61 Å². The summed E-state index contributed by atoms with van der Waals surface area (Å²) < 4.78 is 11.3. The molecule has 1 amide bonds. The molecule has 1 aromatic heterocycles. The minimum atomic E-state index is -0.610. The van der Waals surface area contributed by atoms with Gasteiger partial charge in [0.15, 0.2) is 11.5 Å². The van der Waals surface area contributed by atoms with E-state index in [0.717, 1.165) is 5.56 Å². The van der Waals surface area contributed by atoms with E-state index < -0.39 is 6.10 Å². The van der Waals surface area contributed by atoms with Crippen molar-refractivity contribution in [1.29, 1.82) is 0 Å². The van der Waals surface area contributed by atoms with E-state index in [2.05, 4.69) is 4.98 Å². The summed E-state index contributed by atoms with van der Waals surface area (Å²) in [6.07, 6.45) is 2.85. The van der Waals surface area contributed by atoms with Gasteiger partial charge in [0.2, 0.25) is 6.10 Å². The van der Waals surface area contributed by atoms with Crippen molar-refractivity contribution in [2.45, 2.75) is 12.6 Å². The molecular formula is C16H16N2O3. The van der Waals surface area contributed by atoms with Gasteiger partial charge in [-0.1, -0.05) is 18.2 Å². The van der Waals surface area contributed by atoms with E-state index in [1.54, 1.807) is 30.4 Å². The molecule has 21 heavy (non-hydrogen) atoms. The van der Waals surface area contributed by atoms with Crippen LogP contribution in [0.5, 0.6) is 11.5 Å². The highest BCUT2D eigenvalue weighted by Gasteiger charge is 2.29. The lowest BCUT2D eigenvalue weighted by molar-refractivity contribution is -0.140. The molecule has 2 heterocycles. The summed E-state index contributed by atoms with van der Waals surface area (Å²) in [5.74, 6) is 1.18. The number of carbonyl (C=O) groups excluding carboxylic acids is 1. The highest BCUT2D eigenvalue weighted by Crippen LogP contribution is 2.31. The largest absolute Gasteiger partial charge is 0.485 e. The van der Waals surface area contributed by atoms with Crippen molar-refractivity contribution in [2.75, 3.05) is 13.7 Å². The third kappa shape index (κ3) is 2.97. The average molecular weight is 284 g/mol. The number of aromatic nitrogens is 1. The van der Waals surface area contributed by atoms with Crippen LogP contribution >= 0.6 is 0 Å². The molecule has 0 fully saturated rings. The van der Waals surface area contributed by atoms with Crippen LogP contribution in [-0.2, 0) is 11.3 Å². The van der Waals surface area contributed by atoms with Crippen molar-refractivity contribution in [3.05, 3.63) is 54.4 Å². The van der Waals surface area contributed by atoms with Gasteiger partial charge in [-0.25, -0.2) is 0 Å². The van der Waals surface area contributed by atoms with Gasteiger partial charge in [-0.05, 0) is 23.8 Å². The number of nitrogens with zero attached hydrogens (tertiary/aromatic N) is 2. The summed E-state index contributed by atoms with van der Waals surface area (Å²) in [5.41, 5.74) is 0.977. The predicted octanol–water partition coefficient (Wildman–Crippen LogP) is 1.88. The number of carbonyl (C=O) groups is 1. The number of rotatable bonds is 3. The Labute approximate surface area is 123 Å². The summed E-state index contributed by atoms with van der Waals surface area (Å²) in [6, 6.07) is 11.1. The molecule has 0 bridgehead atoms. The molecule has 1 atom stereocenters. The maximum Gasteiger partial charge on any atom is 0.267 e. The zero-order valence-corrected chi connectivity index (χ0v) is 11.7. The minimum absolute atomic E-state index is 0.103. The van der Waals surface area contributed by atoms with Crippen LogP contribution in [0.4, 0.5) is 0 Å². The van der Waals surface area contributed by atoms with Crippen LogP contribution in [-0.4, -0.2) is 35.5 Å². The molecule has 3 rings (SSSR count). The second-order valence-corrected chi connectivity index (χ2v) is 4.92. The Balaban J connectivity index is 1.66. The lowest BCUT2D eigenvalue weighted by Gasteiger charge is -2.28. The molecule has 1 aliphatic heterocycles. The van der Waals surface area contributed by atoms with E-state index in [4.69, 9.17) is 9.47 Å². The van der Waals surface area contributed by atoms with E-state index in [9.17, 15) is 4.79 Å². The second-order valence-electron chi connectivity index (χ2n) is 4.92. The fourth-order valence-corrected chi connectivity index (χ4v) is 2.23. The lowest BCUT2D eigenvalue weighted by atomic mass is 10.2. The highest BCUT2D eigenvalue weighted by atomic mass is 16.6.